The highest BCUT2D eigenvalue weighted by Gasteiger charge is 2.33. The van der Waals surface area contributed by atoms with Gasteiger partial charge in [-0.15, -0.1) is 11.8 Å². The number of anilines is 1. The molecule has 1 aliphatic heterocycles. The van der Waals surface area contributed by atoms with Crippen LogP contribution in [0.15, 0.2) is 39.1 Å². The summed E-state index contributed by atoms with van der Waals surface area (Å²) in [6.45, 7) is 2.00. The van der Waals surface area contributed by atoms with Crippen LogP contribution in [0.5, 0.6) is 0 Å². The van der Waals surface area contributed by atoms with E-state index in [2.05, 4.69) is 10.3 Å². The van der Waals surface area contributed by atoms with Gasteiger partial charge in [-0.25, -0.2) is 4.98 Å². The summed E-state index contributed by atoms with van der Waals surface area (Å²) in [5.74, 6) is -0.761. The Morgan fingerprint density at radius 2 is 2.11 bits per heavy atom. The van der Waals surface area contributed by atoms with Gasteiger partial charge in [-0.3, -0.25) is 14.2 Å². The van der Waals surface area contributed by atoms with E-state index in [0.717, 1.165) is 17.8 Å². The fourth-order valence-electron chi connectivity index (χ4n) is 2.66. The number of fused-ring (bicyclic) bond motifs is 1. The molecule has 0 saturated heterocycles. The van der Waals surface area contributed by atoms with Crippen LogP contribution in [0, 0.1) is 0 Å². The van der Waals surface area contributed by atoms with Crippen LogP contribution in [0.3, 0.4) is 0 Å². The van der Waals surface area contributed by atoms with Gasteiger partial charge in [0.05, 0.1) is 27.6 Å². The van der Waals surface area contributed by atoms with Crippen molar-refractivity contribution >= 4 is 35.1 Å². The predicted octanol–water partition coefficient (Wildman–Crippen LogP) is 3.57. The molecule has 1 amide bonds. The maximum Gasteiger partial charge on any atom is 0.418 e. The van der Waals surface area contributed by atoms with Gasteiger partial charge in [0.15, 0.2) is 5.16 Å². The van der Waals surface area contributed by atoms with E-state index in [0.29, 0.717) is 22.2 Å². The lowest BCUT2D eigenvalue weighted by Crippen LogP contribution is -2.23. The number of nitrogens with one attached hydrogen (secondary N) is 1. The highest BCUT2D eigenvalue weighted by Crippen LogP contribution is 2.35. The number of nitrogens with zero attached hydrogens (tertiary/aromatic N) is 2. The number of alkyl halides is 3. The van der Waals surface area contributed by atoms with E-state index < -0.39 is 17.6 Å². The maximum atomic E-state index is 13.0. The molecule has 2 heterocycles. The summed E-state index contributed by atoms with van der Waals surface area (Å²) < 4.78 is 40.4. The van der Waals surface area contributed by atoms with Crippen LogP contribution in [0.25, 0.3) is 0 Å². The third-order valence-electron chi connectivity index (χ3n) is 3.92. The van der Waals surface area contributed by atoms with Crippen LogP contribution in [-0.2, 0) is 24.4 Å². The Bertz CT molecular complexity index is 944. The van der Waals surface area contributed by atoms with Gasteiger partial charge in [0.25, 0.3) is 5.56 Å². The third-order valence-corrected chi connectivity index (χ3v) is 6.16. The fourth-order valence-corrected chi connectivity index (χ4v) is 4.59. The molecule has 5 nitrogen and oxygen atoms in total. The van der Waals surface area contributed by atoms with Crippen molar-refractivity contribution in [2.45, 2.75) is 34.8 Å². The van der Waals surface area contributed by atoms with Crippen molar-refractivity contribution in [3.8, 4) is 0 Å². The first-order valence-corrected chi connectivity index (χ1v) is 9.88. The molecule has 0 fully saturated rings. The zero-order valence-electron chi connectivity index (χ0n) is 14.5. The van der Waals surface area contributed by atoms with E-state index in [1.165, 1.54) is 34.5 Å². The zero-order valence-corrected chi connectivity index (χ0v) is 16.1. The Hall–Kier alpha value is -1.94. The van der Waals surface area contributed by atoms with Gasteiger partial charge < -0.3 is 5.32 Å². The molecule has 0 radical (unpaired) electrons. The van der Waals surface area contributed by atoms with Crippen LogP contribution < -0.4 is 10.9 Å². The molecule has 0 bridgehead atoms. The van der Waals surface area contributed by atoms with Crippen molar-refractivity contribution < 1.29 is 18.0 Å². The lowest BCUT2D eigenvalue weighted by Gasteiger charge is -2.13. The molecule has 0 aliphatic carbocycles. The van der Waals surface area contributed by atoms with Crippen LogP contribution in [0.4, 0.5) is 18.9 Å². The number of amides is 1. The Kier molecular flexibility index (Phi) is 5.57. The smallest absolute Gasteiger partial charge is 0.325 e. The van der Waals surface area contributed by atoms with Gasteiger partial charge in [-0.2, -0.15) is 13.2 Å². The highest BCUT2D eigenvalue weighted by molar-refractivity contribution is 8.00. The number of hydrogen-bond acceptors (Lipinski definition) is 5. The number of aromatic nitrogens is 2. The van der Waals surface area contributed by atoms with Crippen molar-refractivity contribution in [1.82, 2.24) is 9.55 Å². The van der Waals surface area contributed by atoms with Gasteiger partial charge >= 0.3 is 6.18 Å². The number of hydrogen-bond donors (Lipinski definition) is 1. The molecule has 27 heavy (non-hydrogen) atoms. The molecule has 3 rings (SSSR count). The van der Waals surface area contributed by atoms with Crippen molar-refractivity contribution in [2.75, 3.05) is 11.1 Å². The molecule has 1 aromatic heterocycles. The first-order valence-electron chi connectivity index (χ1n) is 8.02. The van der Waals surface area contributed by atoms with Gasteiger partial charge in [0.2, 0.25) is 5.91 Å². The van der Waals surface area contributed by atoms with Crippen molar-refractivity contribution in [2.24, 2.45) is 7.05 Å². The number of para-hydroxylation sites is 1. The summed E-state index contributed by atoms with van der Waals surface area (Å²) in [5.41, 5.74) is -0.658. The Morgan fingerprint density at radius 1 is 1.41 bits per heavy atom. The molecular formula is C17H16F3N3O2S2. The van der Waals surface area contributed by atoms with Crippen LogP contribution in [0.2, 0.25) is 0 Å². The number of benzene rings is 1. The summed E-state index contributed by atoms with van der Waals surface area (Å²) in [6.07, 6.45) is -3.88. The minimum atomic E-state index is -4.56. The minimum absolute atomic E-state index is 0.159. The zero-order chi connectivity index (χ0) is 19.8. The average molecular weight is 415 g/mol. The number of carbonyl (C=O) groups excluding carboxylic acids is 1. The number of carbonyl (C=O) groups is 1. The molecule has 2 aromatic rings. The Labute approximate surface area is 161 Å². The van der Waals surface area contributed by atoms with Gasteiger partial charge in [0.1, 0.15) is 0 Å². The first kappa shape index (κ1) is 19.8. The van der Waals surface area contributed by atoms with Crippen molar-refractivity contribution in [1.29, 1.82) is 0 Å². The number of halogens is 3. The summed E-state index contributed by atoms with van der Waals surface area (Å²) in [7, 11) is 1.57. The van der Waals surface area contributed by atoms with E-state index in [4.69, 9.17) is 0 Å². The molecule has 1 aromatic carbocycles. The van der Waals surface area contributed by atoms with E-state index >= 15 is 0 Å². The predicted molar refractivity (Wildman–Crippen MR) is 99.3 cm³/mol. The normalized spacial score (nSPS) is 16.3. The lowest BCUT2D eigenvalue weighted by molar-refractivity contribution is -0.137. The Morgan fingerprint density at radius 3 is 2.81 bits per heavy atom. The molecule has 10 heteroatoms. The van der Waals surface area contributed by atoms with Gasteiger partial charge in [-0.1, -0.05) is 30.8 Å². The van der Waals surface area contributed by atoms with Crippen LogP contribution in [0.1, 0.15) is 18.2 Å². The number of rotatable bonds is 4. The molecule has 0 spiro atoms. The molecule has 1 atom stereocenters. The fraction of sp³-hybridized carbons (Fsp3) is 0.353. The molecule has 0 saturated carbocycles. The monoisotopic (exact) mass is 415 g/mol. The number of thioether (sulfide) groups is 2. The average Bonchev–Trinajstić information content (AvgIpc) is 2.97. The molecule has 1 unspecified atom stereocenters. The summed E-state index contributed by atoms with van der Waals surface area (Å²) >= 11 is 2.50. The minimum Gasteiger partial charge on any atom is -0.325 e. The molecule has 1 aliphatic rings. The summed E-state index contributed by atoms with van der Waals surface area (Å²) in [5, 5.41) is 2.92. The SMILES string of the molecule is CC1Cc2nc(SCC(=O)Nc3ccccc3C(F)(F)F)n(C)c(=O)c2S1. The van der Waals surface area contributed by atoms with E-state index in [-0.39, 0.29) is 22.2 Å². The largest absolute Gasteiger partial charge is 0.418 e. The van der Waals surface area contributed by atoms with Gasteiger partial charge in [0, 0.05) is 18.7 Å². The van der Waals surface area contributed by atoms with Crippen LogP contribution in [-0.4, -0.2) is 26.5 Å². The third kappa shape index (κ3) is 4.32. The van der Waals surface area contributed by atoms with E-state index in [1.54, 1.807) is 7.05 Å². The van der Waals surface area contributed by atoms with E-state index in [1.807, 2.05) is 6.92 Å². The van der Waals surface area contributed by atoms with Crippen molar-refractivity contribution in [3.63, 3.8) is 0 Å². The summed E-state index contributed by atoms with van der Waals surface area (Å²) in [6, 6.07) is 4.79. The summed E-state index contributed by atoms with van der Waals surface area (Å²) in [4.78, 5) is 29.6. The van der Waals surface area contributed by atoms with Crippen LogP contribution >= 0.6 is 23.5 Å². The second-order valence-electron chi connectivity index (χ2n) is 6.05. The Balaban J connectivity index is 1.72. The van der Waals surface area contributed by atoms with Gasteiger partial charge in [-0.05, 0) is 12.1 Å². The maximum absolute atomic E-state index is 13.0. The second-order valence-corrected chi connectivity index (χ2v) is 8.44. The molecular weight excluding hydrogens is 399 g/mol. The molecule has 1 N–H and O–H groups in total. The van der Waals surface area contributed by atoms with Crippen molar-refractivity contribution in [3.05, 3.63) is 45.9 Å². The standard InChI is InChI=1S/C17H16F3N3O2S2/c1-9-7-12-14(27-9)15(25)23(2)16(22-12)26-8-13(24)21-11-6-4-3-5-10(11)17(18,19)20/h3-6,9H,7-8H2,1-2H3,(H,21,24). The second kappa shape index (κ2) is 7.59. The molecule has 144 valence electrons. The van der Waals surface area contributed by atoms with E-state index in [9.17, 15) is 22.8 Å². The topological polar surface area (TPSA) is 64.0 Å². The first-order chi connectivity index (χ1) is 12.7. The highest BCUT2D eigenvalue weighted by atomic mass is 32.2. The lowest BCUT2D eigenvalue weighted by atomic mass is 10.1. The quantitative estimate of drug-likeness (QED) is 0.611.